The maximum absolute atomic E-state index is 12.6. The number of likely N-dealkylation sites (N-methyl/N-ethyl adjacent to an activating group) is 1. The minimum atomic E-state index is -0.204. The van der Waals surface area contributed by atoms with Gasteiger partial charge in [-0.2, -0.15) is 5.26 Å². The van der Waals surface area contributed by atoms with Crippen LogP contribution in [0.25, 0.3) is 6.08 Å². The molecule has 0 unspecified atom stereocenters. The summed E-state index contributed by atoms with van der Waals surface area (Å²) in [6.45, 7) is 5.04. The summed E-state index contributed by atoms with van der Waals surface area (Å²) >= 11 is 0. The average Bonchev–Trinajstić information content (AvgIpc) is 2.59. The van der Waals surface area contributed by atoms with E-state index in [0.29, 0.717) is 18.8 Å². The molecule has 1 heterocycles. The van der Waals surface area contributed by atoms with Crippen LogP contribution >= 0.6 is 0 Å². The summed E-state index contributed by atoms with van der Waals surface area (Å²) in [5.41, 5.74) is 2.06. The number of hydrogen-bond donors (Lipinski definition) is 0. The molecule has 1 amide bonds. The van der Waals surface area contributed by atoms with Gasteiger partial charge in [0.1, 0.15) is 17.4 Å². The SMILES string of the molecule is CCc1ccc(OC)c(/C=C(\C#N)C(=O)N2CCN(C)CC2)c1. The van der Waals surface area contributed by atoms with Crippen LogP contribution in [0.4, 0.5) is 0 Å². The summed E-state index contributed by atoms with van der Waals surface area (Å²) in [5.74, 6) is 0.464. The van der Waals surface area contributed by atoms with E-state index >= 15 is 0 Å². The highest BCUT2D eigenvalue weighted by Gasteiger charge is 2.22. The molecule has 0 radical (unpaired) electrons. The number of hydrogen-bond acceptors (Lipinski definition) is 4. The van der Waals surface area contributed by atoms with E-state index in [-0.39, 0.29) is 11.5 Å². The minimum absolute atomic E-state index is 0.154. The number of aryl methyl sites for hydroxylation is 1. The van der Waals surface area contributed by atoms with E-state index in [9.17, 15) is 10.1 Å². The van der Waals surface area contributed by atoms with Crippen LogP contribution in [0.1, 0.15) is 18.1 Å². The van der Waals surface area contributed by atoms with Gasteiger partial charge >= 0.3 is 0 Å². The van der Waals surface area contributed by atoms with E-state index in [1.54, 1.807) is 18.1 Å². The van der Waals surface area contributed by atoms with Crippen LogP contribution in [0.3, 0.4) is 0 Å². The Labute approximate surface area is 137 Å². The number of ether oxygens (including phenoxy) is 1. The van der Waals surface area contributed by atoms with Crippen molar-refractivity contribution in [3.8, 4) is 11.8 Å². The van der Waals surface area contributed by atoms with Gasteiger partial charge in [0.15, 0.2) is 0 Å². The fourth-order valence-electron chi connectivity index (χ4n) is 2.59. The molecular weight excluding hydrogens is 290 g/mol. The molecule has 1 aliphatic rings. The van der Waals surface area contributed by atoms with Crippen molar-refractivity contribution in [1.82, 2.24) is 9.80 Å². The molecule has 0 saturated carbocycles. The predicted molar refractivity (Wildman–Crippen MR) is 90.0 cm³/mol. The van der Waals surface area contributed by atoms with E-state index in [1.165, 1.54) is 0 Å². The lowest BCUT2D eigenvalue weighted by Gasteiger charge is -2.32. The van der Waals surface area contributed by atoms with Gasteiger partial charge in [0.25, 0.3) is 5.91 Å². The highest BCUT2D eigenvalue weighted by molar-refractivity contribution is 6.02. The third-order valence-electron chi connectivity index (χ3n) is 4.14. The van der Waals surface area contributed by atoms with E-state index < -0.39 is 0 Å². The van der Waals surface area contributed by atoms with E-state index in [4.69, 9.17) is 4.74 Å². The Morgan fingerprint density at radius 1 is 1.35 bits per heavy atom. The lowest BCUT2D eigenvalue weighted by atomic mass is 10.0. The molecular formula is C18H23N3O2. The maximum Gasteiger partial charge on any atom is 0.264 e. The molecule has 23 heavy (non-hydrogen) atoms. The molecule has 0 aromatic heterocycles. The zero-order valence-electron chi connectivity index (χ0n) is 14.0. The van der Waals surface area contributed by atoms with Crippen LogP contribution < -0.4 is 4.74 Å². The van der Waals surface area contributed by atoms with Crippen LogP contribution in [0.2, 0.25) is 0 Å². The van der Waals surface area contributed by atoms with Gasteiger partial charge in [0, 0.05) is 31.7 Å². The molecule has 5 nitrogen and oxygen atoms in total. The van der Waals surface area contributed by atoms with Crippen molar-refractivity contribution in [2.45, 2.75) is 13.3 Å². The summed E-state index contributed by atoms with van der Waals surface area (Å²) < 4.78 is 5.34. The molecule has 1 aliphatic heterocycles. The van der Waals surface area contributed by atoms with Crippen molar-refractivity contribution in [2.75, 3.05) is 40.3 Å². The van der Waals surface area contributed by atoms with Crippen LogP contribution in [0.15, 0.2) is 23.8 Å². The molecule has 122 valence electrons. The number of nitrogens with zero attached hydrogens (tertiary/aromatic N) is 3. The number of methoxy groups -OCH3 is 1. The molecule has 5 heteroatoms. The molecule has 0 aliphatic carbocycles. The molecule has 0 spiro atoms. The number of carbonyl (C=O) groups is 1. The normalized spacial score (nSPS) is 16.1. The number of amides is 1. The number of rotatable bonds is 4. The van der Waals surface area contributed by atoms with Crippen molar-refractivity contribution in [3.05, 3.63) is 34.9 Å². The number of piperazine rings is 1. The zero-order chi connectivity index (χ0) is 16.8. The predicted octanol–water partition coefficient (Wildman–Crippen LogP) is 1.94. The van der Waals surface area contributed by atoms with Gasteiger partial charge < -0.3 is 14.5 Å². The lowest BCUT2D eigenvalue weighted by Crippen LogP contribution is -2.47. The van der Waals surface area contributed by atoms with Gasteiger partial charge in [-0.05, 0) is 37.2 Å². The van der Waals surface area contributed by atoms with Crippen LogP contribution in [-0.2, 0) is 11.2 Å². The molecule has 1 fully saturated rings. The molecule has 1 saturated heterocycles. The summed E-state index contributed by atoms with van der Waals surface area (Å²) in [6, 6.07) is 7.88. The summed E-state index contributed by atoms with van der Waals surface area (Å²) in [5, 5.41) is 9.41. The fourth-order valence-corrected chi connectivity index (χ4v) is 2.59. The standard InChI is InChI=1S/C18H23N3O2/c1-4-14-5-6-17(23-3)15(11-14)12-16(13-19)18(22)21-9-7-20(2)8-10-21/h5-6,11-12H,4,7-10H2,1-3H3/b16-12+. The number of carbonyl (C=O) groups excluding carboxylic acids is 1. The van der Waals surface area contributed by atoms with Gasteiger partial charge in [0.2, 0.25) is 0 Å². The summed E-state index contributed by atoms with van der Waals surface area (Å²) in [7, 11) is 3.62. The second kappa shape index (κ2) is 7.80. The number of benzene rings is 1. The largest absolute Gasteiger partial charge is 0.496 e. The van der Waals surface area contributed by atoms with Crippen molar-refractivity contribution in [1.29, 1.82) is 5.26 Å². The van der Waals surface area contributed by atoms with E-state index in [2.05, 4.69) is 11.8 Å². The van der Waals surface area contributed by atoms with Crippen LogP contribution in [0.5, 0.6) is 5.75 Å². The Morgan fingerprint density at radius 2 is 2.04 bits per heavy atom. The number of nitriles is 1. The Hall–Kier alpha value is -2.32. The van der Waals surface area contributed by atoms with E-state index in [1.807, 2.05) is 31.3 Å². The van der Waals surface area contributed by atoms with Crippen molar-refractivity contribution in [3.63, 3.8) is 0 Å². The van der Waals surface area contributed by atoms with Gasteiger partial charge in [-0.15, -0.1) is 0 Å². The lowest BCUT2D eigenvalue weighted by molar-refractivity contribution is -0.128. The Balaban J connectivity index is 2.28. The second-order valence-corrected chi connectivity index (χ2v) is 5.70. The highest BCUT2D eigenvalue weighted by atomic mass is 16.5. The topological polar surface area (TPSA) is 56.6 Å². The first-order valence-electron chi connectivity index (χ1n) is 7.85. The Kier molecular flexibility index (Phi) is 5.78. The Morgan fingerprint density at radius 3 is 2.61 bits per heavy atom. The fraction of sp³-hybridized carbons (Fsp3) is 0.444. The van der Waals surface area contributed by atoms with Crippen molar-refractivity contribution < 1.29 is 9.53 Å². The first-order chi connectivity index (χ1) is 11.1. The molecule has 0 atom stereocenters. The van der Waals surface area contributed by atoms with Gasteiger partial charge in [-0.25, -0.2) is 0 Å². The molecule has 2 rings (SSSR count). The zero-order valence-corrected chi connectivity index (χ0v) is 14.0. The molecule has 0 bridgehead atoms. The summed E-state index contributed by atoms with van der Waals surface area (Å²) in [6.07, 6.45) is 2.53. The minimum Gasteiger partial charge on any atom is -0.496 e. The first-order valence-corrected chi connectivity index (χ1v) is 7.85. The highest BCUT2D eigenvalue weighted by Crippen LogP contribution is 2.23. The second-order valence-electron chi connectivity index (χ2n) is 5.70. The van der Waals surface area contributed by atoms with Crippen molar-refractivity contribution in [2.24, 2.45) is 0 Å². The smallest absolute Gasteiger partial charge is 0.264 e. The third-order valence-corrected chi connectivity index (χ3v) is 4.14. The molecule has 0 N–H and O–H groups in total. The van der Waals surface area contributed by atoms with Crippen molar-refractivity contribution >= 4 is 12.0 Å². The third kappa shape index (κ3) is 4.11. The monoisotopic (exact) mass is 313 g/mol. The van der Waals surface area contributed by atoms with Gasteiger partial charge in [-0.1, -0.05) is 13.0 Å². The molecule has 1 aromatic carbocycles. The first kappa shape index (κ1) is 17.0. The Bertz CT molecular complexity index is 638. The maximum atomic E-state index is 12.6. The van der Waals surface area contributed by atoms with Gasteiger partial charge in [-0.3, -0.25) is 4.79 Å². The average molecular weight is 313 g/mol. The molecule has 1 aromatic rings. The van der Waals surface area contributed by atoms with Crippen LogP contribution in [0, 0.1) is 11.3 Å². The van der Waals surface area contributed by atoms with E-state index in [0.717, 1.165) is 30.6 Å². The summed E-state index contributed by atoms with van der Waals surface area (Å²) in [4.78, 5) is 16.5. The van der Waals surface area contributed by atoms with Gasteiger partial charge in [0.05, 0.1) is 7.11 Å². The van der Waals surface area contributed by atoms with Crippen LogP contribution in [-0.4, -0.2) is 56.0 Å². The quantitative estimate of drug-likeness (QED) is 0.630.